The largest absolute Gasteiger partial charge is 0.481 e. The second-order valence-electron chi connectivity index (χ2n) is 5.83. The second-order valence-corrected chi connectivity index (χ2v) is 6.77. The zero-order valence-electron chi connectivity index (χ0n) is 14.8. The molecular formula is C21H20N2O3S. The van der Waals surface area contributed by atoms with Crippen molar-refractivity contribution >= 4 is 23.2 Å². The number of carbonyl (C=O) groups excluding carboxylic acids is 2. The fraction of sp³-hybridized carbons (Fsp3) is 0.143. The monoisotopic (exact) mass is 380 g/mol. The van der Waals surface area contributed by atoms with Crippen LogP contribution in [0, 0.1) is 0 Å². The third-order valence-corrected chi connectivity index (χ3v) is 4.82. The van der Waals surface area contributed by atoms with Crippen LogP contribution in [0.2, 0.25) is 0 Å². The molecule has 0 bridgehead atoms. The standard InChI is InChI=1S/C21H20N2O3S/c1-2-18(20(24)22-23-21(25)19-9-6-14-27-19)26-17-12-10-16(11-13-17)15-7-4-3-5-8-15/h3-14,18H,2H2,1H3,(H,22,24)(H,23,25). The lowest BCUT2D eigenvalue weighted by molar-refractivity contribution is -0.128. The lowest BCUT2D eigenvalue weighted by atomic mass is 10.1. The summed E-state index contributed by atoms with van der Waals surface area (Å²) in [5.74, 6) is -0.142. The minimum Gasteiger partial charge on any atom is -0.481 e. The molecule has 1 unspecified atom stereocenters. The number of benzene rings is 2. The van der Waals surface area contributed by atoms with E-state index in [0.29, 0.717) is 17.0 Å². The second kappa shape index (κ2) is 9.00. The van der Waals surface area contributed by atoms with E-state index in [-0.39, 0.29) is 5.91 Å². The van der Waals surface area contributed by atoms with Crippen molar-refractivity contribution in [2.45, 2.75) is 19.4 Å². The lowest BCUT2D eigenvalue weighted by Gasteiger charge is -2.17. The van der Waals surface area contributed by atoms with E-state index >= 15 is 0 Å². The number of thiophene rings is 1. The summed E-state index contributed by atoms with van der Waals surface area (Å²) in [7, 11) is 0. The zero-order chi connectivity index (χ0) is 19.1. The SMILES string of the molecule is CCC(Oc1ccc(-c2ccccc2)cc1)C(=O)NNC(=O)c1cccs1. The van der Waals surface area contributed by atoms with E-state index in [1.165, 1.54) is 11.3 Å². The highest BCUT2D eigenvalue weighted by molar-refractivity contribution is 7.12. The van der Waals surface area contributed by atoms with Gasteiger partial charge in [-0.05, 0) is 41.1 Å². The van der Waals surface area contributed by atoms with Gasteiger partial charge in [0.25, 0.3) is 11.8 Å². The number of carbonyl (C=O) groups is 2. The zero-order valence-corrected chi connectivity index (χ0v) is 15.7. The molecule has 27 heavy (non-hydrogen) atoms. The Morgan fingerprint density at radius 1 is 0.926 bits per heavy atom. The van der Waals surface area contributed by atoms with Crippen LogP contribution in [0.3, 0.4) is 0 Å². The van der Waals surface area contributed by atoms with Crippen molar-refractivity contribution in [2.75, 3.05) is 0 Å². The molecule has 1 heterocycles. The van der Waals surface area contributed by atoms with Crippen molar-refractivity contribution in [3.63, 3.8) is 0 Å². The van der Waals surface area contributed by atoms with Crippen molar-refractivity contribution in [2.24, 2.45) is 0 Å². The molecule has 138 valence electrons. The Kier molecular flexibility index (Phi) is 6.22. The Morgan fingerprint density at radius 2 is 1.63 bits per heavy atom. The molecule has 2 aromatic carbocycles. The first-order chi connectivity index (χ1) is 13.2. The third-order valence-electron chi connectivity index (χ3n) is 3.95. The first-order valence-corrected chi connectivity index (χ1v) is 9.51. The van der Waals surface area contributed by atoms with Gasteiger partial charge in [0.05, 0.1) is 4.88 Å². The Labute approximate surface area is 162 Å². The van der Waals surface area contributed by atoms with Crippen LogP contribution in [-0.2, 0) is 4.79 Å². The van der Waals surface area contributed by atoms with Gasteiger partial charge in [-0.15, -0.1) is 11.3 Å². The first-order valence-electron chi connectivity index (χ1n) is 8.63. The highest BCUT2D eigenvalue weighted by atomic mass is 32.1. The summed E-state index contributed by atoms with van der Waals surface area (Å²) in [4.78, 5) is 24.7. The first kappa shape index (κ1) is 18.7. The number of hydrogen-bond acceptors (Lipinski definition) is 4. The predicted octanol–water partition coefficient (Wildman–Crippen LogP) is 4.03. The van der Waals surface area contributed by atoms with Crippen molar-refractivity contribution < 1.29 is 14.3 Å². The Hall–Kier alpha value is -3.12. The van der Waals surface area contributed by atoms with E-state index in [1.54, 1.807) is 17.5 Å². The number of nitrogens with one attached hydrogen (secondary N) is 2. The molecule has 2 N–H and O–H groups in total. The summed E-state index contributed by atoms with van der Waals surface area (Å²) >= 11 is 1.30. The number of rotatable bonds is 6. The van der Waals surface area contributed by atoms with Crippen LogP contribution < -0.4 is 15.6 Å². The third kappa shape index (κ3) is 4.95. The van der Waals surface area contributed by atoms with Gasteiger partial charge < -0.3 is 4.74 Å². The van der Waals surface area contributed by atoms with E-state index in [4.69, 9.17) is 4.74 Å². The van der Waals surface area contributed by atoms with Gasteiger partial charge in [0.15, 0.2) is 6.10 Å². The normalized spacial score (nSPS) is 11.4. The molecule has 1 aromatic heterocycles. The smallest absolute Gasteiger partial charge is 0.279 e. The van der Waals surface area contributed by atoms with Crippen LogP contribution in [0.1, 0.15) is 23.0 Å². The van der Waals surface area contributed by atoms with Gasteiger partial charge in [-0.2, -0.15) is 0 Å². The van der Waals surface area contributed by atoms with Crippen LogP contribution in [0.5, 0.6) is 5.75 Å². The van der Waals surface area contributed by atoms with Crippen molar-refractivity contribution in [3.8, 4) is 16.9 Å². The summed E-state index contributed by atoms with van der Waals surface area (Å²) in [6.45, 7) is 1.85. The van der Waals surface area contributed by atoms with Crippen LogP contribution in [-0.4, -0.2) is 17.9 Å². The molecule has 3 rings (SSSR count). The molecule has 0 aliphatic rings. The lowest BCUT2D eigenvalue weighted by Crippen LogP contribution is -2.47. The molecule has 1 atom stereocenters. The quantitative estimate of drug-likeness (QED) is 0.635. The average Bonchev–Trinajstić information content (AvgIpc) is 3.26. The summed E-state index contributed by atoms with van der Waals surface area (Å²) in [6.07, 6.45) is -0.225. The topological polar surface area (TPSA) is 67.4 Å². The van der Waals surface area contributed by atoms with E-state index < -0.39 is 12.0 Å². The molecule has 6 heteroatoms. The Morgan fingerprint density at radius 3 is 2.26 bits per heavy atom. The number of hydrazine groups is 1. The van der Waals surface area contributed by atoms with Crippen molar-refractivity contribution in [1.82, 2.24) is 10.9 Å². The molecule has 5 nitrogen and oxygen atoms in total. The van der Waals surface area contributed by atoms with Gasteiger partial charge >= 0.3 is 0 Å². The van der Waals surface area contributed by atoms with Crippen LogP contribution in [0.4, 0.5) is 0 Å². The number of amides is 2. The molecule has 0 fully saturated rings. The van der Waals surface area contributed by atoms with Gasteiger partial charge in [-0.25, -0.2) is 0 Å². The molecule has 0 radical (unpaired) electrons. The Bertz CT molecular complexity index is 878. The molecule has 3 aromatic rings. The number of ether oxygens (including phenoxy) is 1. The van der Waals surface area contributed by atoms with Crippen LogP contribution in [0.15, 0.2) is 72.1 Å². The fourth-order valence-corrected chi connectivity index (χ4v) is 3.13. The molecule has 0 saturated carbocycles. The maximum atomic E-state index is 12.3. The minimum atomic E-state index is -0.698. The summed E-state index contributed by atoms with van der Waals surface area (Å²) in [6, 6.07) is 21.1. The van der Waals surface area contributed by atoms with E-state index in [0.717, 1.165) is 11.1 Å². The molecule has 0 aliphatic carbocycles. The maximum Gasteiger partial charge on any atom is 0.279 e. The van der Waals surface area contributed by atoms with Gasteiger partial charge in [-0.3, -0.25) is 20.4 Å². The van der Waals surface area contributed by atoms with Gasteiger partial charge in [0.1, 0.15) is 5.75 Å². The van der Waals surface area contributed by atoms with Gasteiger partial charge in [0, 0.05) is 0 Å². The summed E-state index contributed by atoms with van der Waals surface area (Å²) < 4.78 is 5.78. The summed E-state index contributed by atoms with van der Waals surface area (Å²) in [5.41, 5.74) is 7.02. The molecule has 0 spiro atoms. The van der Waals surface area contributed by atoms with E-state index in [9.17, 15) is 9.59 Å². The van der Waals surface area contributed by atoms with Crippen molar-refractivity contribution in [3.05, 3.63) is 77.0 Å². The maximum absolute atomic E-state index is 12.3. The fourth-order valence-electron chi connectivity index (χ4n) is 2.51. The van der Waals surface area contributed by atoms with E-state index in [2.05, 4.69) is 10.9 Å². The van der Waals surface area contributed by atoms with Crippen molar-refractivity contribution in [1.29, 1.82) is 0 Å². The van der Waals surface area contributed by atoms with Crippen LogP contribution in [0.25, 0.3) is 11.1 Å². The Balaban J connectivity index is 1.57. The minimum absolute atomic E-state index is 0.347. The molecule has 0 aliphatic heterocycles. The van der Waals surface area contributed by atoms with Gasteiger partial charge in [-0.1, -0.05) is 55.5 Å². The number of hydrogen-bond donors (Lipinski definition) is 2. The molecule has 2 amide bonds. The van der Waals surface area contributed by atoms with Gasteiger partial charge in [0.2, 0.25) is 0 Å². The van der Waals surface area contributed by atoms with Crippen LogP contribution >= 0.6 is 11.3 Å². The molecular weight excluding hydrogens is 360 g/mol. The predicted molar refractivity (Wildman–Crippen MR) is 107 cm³/mol. The highest BCUT2D eigenvalue weighted by Crippen LogP contribution is 2.23. The molecule has 0 saturated heterocycles. The average molecular weight is 380 g/mol. The van der Waals surface area contributed by atoms with E-state index in [1.807, 2.05) is 61.5 Å². The highest BCUT2D eigenvalue weighted by Gasteiger charge is 2.19. The summed E-state index contributed by atoms with van der Waals surface area (Å²) in [5, 5.41) is 1.80.